The van der Waals surface area contributed by atoms with Gasteiger partial charge in [0.05, 0.1) is 11.1 Å². The molecule has 2 aliphatic heterocycles. The van der Waals surface area contributed by atoms with Gasteiger partial charge in [-0.1, -0.05) is 6.42 Å². The Morgan fingerprint density at radius 2 is 1.77 bits per heavy atom. The van der Waals surface area contributed by atoms with Crippen LogP contribution in [0.15, 0.2) is 30.5 Å². The molecule has 0 bridgehead atoms. The van der Waals surface area contributed by atoms with Crippen LogP contribution in [0, 0.1) is 5.92 Å². The van der Waals surface area contributed by atoms with Crippen molar-refractivity contribution in [2.24, 2.45) is 5.92 Å². The Hall–Kier alpha value is -2.15. The Balaban J connectivity index is 1.35. The van der Waals surface area contributed by atoms with E-state index in [1.807, 2.05) is 0 Å². The van der Waals surface area contributed by atoms with Crippen molar-refractivity contribution >= 4 is 22.4 Å². The maximum absolute atomic E-state index is 13.4. The molecule has 0 unspecified atom stereocenters. The molecule has 168 valence electrons. The number of carbonyl (C=O) groups excluding carboxylic acids is 1. The molecule has 0 aliphatic carbocycles. The summed E-state index contributed by atoms with van der Waals surface area (Å²) in [5, 5.41) is 0.517. The maximum atomic E-state index is 13.4. The van der Waals surface area contributed by atoms with Gasteiger partial charge in [0.2, 0.25) is 0 Å². The minimum absolute atomic E-state index is 0.0107. The Kier molecular flexibility index (Phi) is 6.80. The minimum atomic E-state index is -4.43. The first-order chi connectivity index (χ1) is 14.9. The molecule has 31 heavy (non-hydrogen) atoms. The Labute approximate surface area is 181 Å². The number of aromatic nitrogens is 1. The zero-order chi connectivity index (χ0) is 21.8. The number of rotatable bonds is 6. The average molecular weight is 434 g/mol. The van der Waals surface area contributed by atoms with E-state index in [2.05, 4.69) is 14.8 Å². The lowest BCUT2D eigenvalue weighted by molar-refractivity contribution is -0.136. The summed E-state index contributed by atoms with van der Waals surface area (Å²) in [5.41, 5.74) is 0.0566. The number of Topliss-reactive ketones (excluding diaryl/α,β-unsaturated/α-hetero) is 1. The van der Waals surface area contributed by atoms with Crippen molar-refractivity contribution in [3.05, 3.63) is 36.0 Å². The topological polar surface area (TPSA) is 36.4 Å². The smallest absolute Gasteiger partial charge is 0.371 e. The summed E-state index contributed by atoms with van der Waals surface area (Å²) >= 11 is 0. The predicted molar refractivity (Wildman–Crippen MR) is 116 cm³/mol. The van der Waals surface area contributed by atoms with Crippen LogP contribution in [0.5, 0.6) is 0 Å². The largest absolute Gasteiger partial charge is 0.418 e. The third-order valence-corrected chi connectivity index (χ3v) is 6.69. The van der Waals surface area contributed by atoms with Crippen LogP contribution < -0.4 is 4.90 Å². The monoisotopic (exact) mass is 433 g/mol. The van der Waals surface area contributed by atoms with Gasteiger partial charge in [0, 0.05) is 42.7 Å². The van der Waals surface area contributed by atoms with Crippen molar-refractivity contribution in [1.29, 1.82) is 0 Å². The number of pyridine rings is 1. The number of benzene rings is 1. The molecule has 0 radical (unpaired) electrons. The number of alkyl halides is 3. The fraction of sp³-hybridized carbons (Fsp3) is 0.583. The van der Waals surface area contributed by atoms with E-state index in [1.165, 1.54) is 25.5 Å². The number of anilines is 1. The molecule has 0 spiro atoms. The van der Waals surface area contributed by atoms with Crippen molar-refractivity contribution in [2.75, 3.05) is 37.6 Å². The van der Waals surface area contributed by atoms with Gasteiger partial charge in [0.15, 0.2) is 0 Å². The van der Waals surface area contributed by atoms with Gasteiger partial charge in [0.25, 0.3) is 0 Å². The van der Waals surface area contributed by atoms with E-state index in [4.69, 9.17) is 0 Å². The lowest BCUT2D eigenvalue weighted by Crippen LogP contribution is -2.37. The highest BCUT2D eigenvalue weighted by Gasteiger charge is 2.34. The normalized spacial score (nSPS) is 19.1. The predicted octanol–water partition coefficient (Wildman–Crippen LogP) is 5.31. The Morgan fingerprint density at radius 3 is 2.48 bits per heavy atom. The molecule has 1 aromatic heterocycles. The van der Waals surface area contributed by atoms with E-state index >= 15 is 0 Å². The standard InChI is InChI=1S/C24H30F3N3O/c25-24(26,27)20-8-9-21(19-6-4-12-28-23(19)20)30-16-10-18(11-17-30)22(31)7-5-15-29-13-2-1-3-14-29/h4,6,8-9,12,18H,1-3,5,7,10-11,13-17H2. The molecular formula is C24H30F3N3O. The third kappa shape index (κ3) is 5.20. The molecule has 2 saturated heterocycles. The van der Waals surface area contributed by atoms with Gasteiger partial charge in [-0.3, -0.25) is 9.78 Å². The molecule has 0 N–H and O–H groups in total. The van der Waals surface area contributed by atoms with Crippen molar-refractivity contribution < 1.29 is 18.0 Å². The van der Waals surface area contributed by atoms with E-state index in [-0.39, 0.29) is 11.4 Å². The lowest BCUT2D eigenvalue weighted by atomic mass is 9.89. The van der Waals surface area contributed by atoms with Gasteiger partial charge in [-0.25, -0.2) is 0 Å². The summed E-state index contributed by atoms with van der Waals surface area (Å²) in [6.07, 6.45) is 3.88. The van der Waals surface area contributed by atoms with E-state index in [0.717, 1.165) is 50.7 Å². The number of likely N-dealkylation sites (tertiary alicyclic amines) is 1. The van der Waals surface area contributed by atoms with Gasteiger partial charge in [-0.05, 0) is 76.0 Å². The molecule has 2 aromatic rings. The number of carbonyl (C=O) groups is 1. The summed E-state index contributed by atoms with van der Waals surface area (Å²) in [6.45, 7) is 4.68. The van der Waals surface area contributed by atoms with Crippen LogP contribution >= 0.6 is 0 Å². The highest BCUT2D eigenvalue weighted by atomic mass is 19.4. The summed E-state index contributed by atoms with van der Waals surface area (Å²) in [6, 6.07) is 6.05. The average Bonchev–Trinajstić information content (AvgIpc) is 2.78. The fourth-order valence-electron chi connectivity index (χ4n) is 4.97. The second kappa shape index (κ2) is 9.55. The number of piperidine rings is 2. The fourth-order valence-corrected chi connectivity index (χ4v) is 4.97. The number of hydrogen-bond donors (Lipinski definition) is 0. The van der Waals surface area contributed by atoms with E-state index < -0.39 is 11.7 Å². The Morgan fingerprint density at radius 1 is 1.03 bits per heavy atom. The molecule has 0 amide bonds. The number of nitrogens with zero attached hydrogens (tertiary/aromatic N) is 3. The van der Waals surface area contributed by atoms with Gasteiger partial charge in [-0.2, -0.15) is 13.2 Å². The van der Waals surface area contributed by atoms with Gasteiger partial charge in [0.1, 0.15) is 5.78 Å². The molecule has 4 rings (SSSR count). The summed E-state index contributed by atoms with van der Waals surface area (Å²) in [4.78, 5) is 21.3. The van der Waals surface area contributed by atoms with Crippen LogP contribution in [-0.2, 0) is 11.0 Å². The van der Waals surface area contributed by atoms with E-state index in [0.29, 0.717) is 30.7 Å². The van der Waals surface area contributed by atoms with Gasteiger partial charge in [-0.15, -0.1) is 0 Å². The van der Waals surface area contributed by atoms with Crippen LogP contribution in [0.2, 0.25) is 0 Å². The van der Waals surface area contributed by atoms with Crippen LogP contribution in [0.1, 0.15) is 50.5 Å². The quantitative estimate of drug-likeness (QED) is 0.619. The molecule has 0 atom stereocenters. The number of fused-ring (bicyclic) bond motifs is 1. The highest BCUT2D eigenvalue weighted by Crippen LogP contribution is 2.38. The van der Waals surface area contributed by atoms with Gasteiger partial charge >= 0.3 is 6.18 Å². The summed E-state index contributed by atoms with van der Waals surface area (Å²) in [7, 11) is 0. The van der Waals surface area contributed by atoms with E-state index in [1.54, 1.807) is 18.2 Å². The maximum Gasteiger partial charge on any atom is 0.418 e. The van der Waals surface area contributed by atoms with Crippen molar-refractivity contribution in [2.45, 2.75) is 51.1 Å². The van der Waals surface area contributed by atoms with Gasteiger partial charge < -0.3 is 9.80 Å². The minimum Gasteiger partial charge on any atom is -0.371 e. The lowest BCUT2D eigenvalue weighted by Gasteiger charge is -2.34. The molecule has 1 aromatic carbocycles. The van der Waals surface area contributed by atoms with Crippen molar-refractivity contribution in [3.8, 4) is 0 Å². The molecular weight excluding hydrogens is 403 g/mol. The van der Waals surface area contributed by atoms with Crippen molar-refractivity contribution in [3.63, 3.8) is 0 Å². The zero-order valence-electron chi connectivity index (χ0n) is 17.8. The van der Waals surface area contributed by atoms with Crippen molar-refractivity contribution in [1.82, 2.24) is 9.88 Å². The van der Waals surface area contributed by atoms with Crippen LogP contribution in [0.25, 0.3) is 10.9 Å². The van der Waals surface area contributed by atoms with Crippen LogP contribution in [0.4, 0.5) is 18.9 Å². The number of halogens is 3. The first kappa shape index (κ1) is 22.1. The molecule has 0 saturated carbocycles. The second-order valence-electron chi connectivity index (χ2n) is 8.76. The SMILES string of the molecule is O=C(CCCN1CCCCC1)C1CCN(c2ccc(C(F)(F)F)c3ncccc23)CC1. The molecule has 7 heteroatoms. The third-order valence-electron chi connectivity index (χ3n) is 6.69. The second-order valence-corrected chi connectivity index (χ2v) is 8.76. The Bertz CT molecular complexity index is 901. The van der Waals surface area contributed by atoms with Crippen LogP contribution in [0.3, 0.4) is 0 Å². The number of ketones is 1. The first-order valence-corrected chi connectivity index (χ1v) is 11.4. The molecule has 4 nitrogen and oxygen atoms in total. The summed E-state index contributed by atoms with van der Waals surface area (Å²) in [5.74, 6) is 0.409. The van der Waals surface area contributed by atoms with E-state index in [9.17, 15) is 18.0 Å². The zero-order valence-corrected chi connectivity index (χ0v) is 17.8. The van der Waals surface area contributed by atoms with Crippen LogP contribution in [-0.4, -0.2) is 48.4 Å². The number of hydrogen-bond acceptors (Lipinski definition) is 4. The highest BCUT2D eigenvalue weighted by molar-refractivity contribution is 5.94. The molecule has 2 aliphatic rings. The summed E-state index contributed by atoms with van der Waals surface area (Å²) < 4.78 is 40.1. The molecule has 3 heterocycles. The first-order valence-electron chi connectivity index (χ1n) is 11.4. The molecule has 2 fully saturated rings.